The average Bonchev–Trinajstić information content (AvgIpc) is 3.31. The summed E-state index contributed by atoms with van der Waals surface area (Å²) in [5.41, 5.74) is 2.91. The third-order valence-electron chi connectivity index (χ3n) is 6.65. The van der Waals surface area contributed by atoms with Crippen LogP contribution in [-0.4, -0.2) is 61.0 Å². The van der Waals surface area contributed by atoms with E-state index in [0.29, 0.717) is 22.5 Å². The van der Waals surface area contributed by atoms with Crippen molar-refractivity contribution in [1.82, 2.24) is 15.1 Å². The quantitative estimate of drug-likeness (QED) is 0.245. The molecule has 3 rings (SSSR count). The van der Waals surface area contributed by atoms with Crippen LogP contribution in [0.25, 0.3) is 6.08 Å². The molecular formula is C29H38Cl2N4O2. The van der Waals surface area contributed by atoms with Crippen molar-refractivity contribution in [1.29, 1.82) is 0 Å². The molecule has 1 saturated heterocycles. The Labute approximate surface area is 231 Å². The highest BCUT2D eigenvalue weighted by molar-refractivity contribution is 6.42. The first kappa shape index (κ1) is 29.0. The molecule has 1 unspecified atom stereocenters. The molecule has 0 aliphatic carbocycles. The lowest BCUT2D eigenvalue weighted by Gasteiger charge is -2.18. The number of urea groups is 1. The molecule has 0 bridgehead atoms. The summed E-state index contributed by atoms with van der Waals surface area (Å²) in [6, 6.07) is 13.3. The maximum Gasteiger partial charge on any atom is 0.319 e. The van der Waals surface area contributed by atoms with Crippen molar-refractivity contribution >= 4 is 46.9 Å². The maximum atomic E-state index is 12.4. The molecule has 6 nitrogen and oxygen atoms in total. The van der Waals surface area contributed by atoms with Crippen molar-refractivity contribution in [2.24, 2.45) is 0 Å². The number of rotatable bonds is 11. The number of hydrogen-bond acceptors (Lipinski definition) is 3. The number of hydrogen-bond donors (Lipinski definition) is 2. The average molecular weight is 546 g/mol. The van der Waals surface area contributed by atoms with Gasteiger partial charge in [0.1, 0.15) is 0 Å². The maximum absolute atomic E-state index is 12.4. The molecule has 1 fully saturated rings. The summed E-state index contributed by atoms with van der Waals surface area (Å²) in [4.78, 5) is 28.9. The minimum absolute atomic E-state index is 0.0336. The monoisotopic (exact) mass is 544 g/mol. The molecule has 0 aromatic heterocycles. The number of nitrogens with one attached hydrogen (secondary N) is 2. The number of carbonyl (C=O) groups excluding carboxylic acids is 2. The zero-order valence-corrected chi connectivity index (χ0v) is 23.5. The Balaban J connectivity index is 1.27. The van der Waals surface area contributed by atoms with Crippen LogP contribution in [0.3, 0.4) is 0 Å². The number of anilines is 1. The molecule has 37 heavy (non-hydrogen) atoms. The van der Waals surface area contributed by atoms with E-state index in [1.54, 1.807) is 29.2 Å². The van der Waals surface area contributed by atoms with Gasteiger partial charge in [-0.1, -0.05) is 61.7 Å². The molecule has 1 atom stereocenters. The van der Waals surface area contributed by atoms with Crippen LogP contribution in [-0.2, 0) is 4.79 Å². The molecule has 1 aliphatic rings. The van der Waals surface area contributed by atoms with E-state index in [2.05, 4.69) is 41.5 Å². The van der Waals surface area contributed by atoms with Crippen molar-refractivity contribution in [2.45, 2.75) is 51.5 Å². The predicted molar refractivity (Wildman–Crippen MR) is 155 cm³/mol. The third-order valence-corrected chi connectivity index (χ3v) is 7.39. The summed E-state index contributed by atoms with van der Waals surface area (Å²) in [6.45, 7) is 7.89. The zero-order valence-electron chi connectivity index (χ0n) is 22.0. The SMILES string of the molecule is CC(C)c1ccc(NC(=O)NC2CCN(CCCCCN(C)C(=O)/C=C/c3ccc(Cl)c(Cl)c3)C2)cc1. The highest BCUT2D eigenvalue weighted by atomic mass is 35.5. The lowest BCUT2D eigenvalue weighted by molar-refractivity contribution is -0.124. The fraction of sp³-hybridized carbons (Fsp3) is 0.448. The highest BCUT2D eigenvalue weighted by Gasteiger charge is 2.23. The van der Waals surface area contributed by atoms with E-state index in [1.807, 2.05) is 25.2 Å². The Hall–Kier alpha value is -2.54. The Bertz CT molecular complexity index is 1070. The van der Waals surface area contributed by atoms with Gasteiger partial charge in [-0.15, -0.1) is 0 Å². The van der Waals surface area contributed by atoms with Gasteiger partial charge in [-0.2, -0.15) is 0 Å². The van der Waals surface area contributed by atoms with E-state index in [9.17, 15) is 9.59 Å². The van der Waals surface area contributed by atoms with E-state index >= 15 is 0 Å². The zero-order chi connectivity index (χ0) is 26.8. The number of carbonyl (C=O) groups is 2. The fourth-order valence-corrected chi connectivity index (χ4v) is 4.65. The van der Waals surface area contributed by atoms with Crippen molar-refractivity contribution in [2.75, 3.05) is 38.5 Å². The van der Waals surface area contributed by atoms with Gasteiger partial charge in [-0.25, -0.2) is 4.79 Å². The summed E-state index contributed by atoms with van der Waals surface area (Å²) >= 11 is 12.0. The lowest BCUT2D eigenvalue weighted by atomic mass is 10.0. The summed E-state index contributed by atoms with van der Waals surface area (Å²) < 4.78 is 0. The second-order valence-corrected chi connectivity index (χ2v) is 10.8. The Kier molecular flexibility index (Phi) is 11.3. The van der Waals surface area contributed by atoms with Gasteiger partial charge in [0.15, 0.2) is 0 Å². The third kappa shape index (κ3) is 9.69. The van der Waals surface area contributed by atoms with Crippen LogP contribution in [0.15, 0.2) is 48.5 Å². The Morgan fingerprint density at radius 1 is 1.08 bits per heavy atom. The lowest BCUT2D eigenvalue weighted by Crippen LogP contribution is -2.39. The van der Waals surface area contributed by atoms with Crippen molar-refractivity contribution in [3.8, 4) is 0 Å². The first-order valence-electron chi connectivity index (χ1n) is 13.0. The predicted octanol–water partition coefficient (Wildman–Crippen LogP) is 6.65. The molecule has 0 saturated carbocycles. The first-order valence-corrected chi connectivity index (χ1v) is 13.7. The number of likely N-dealkylation sites (tertiary alicyclic amines) is 1. The van der Waals surface area contributed by atoms with Gasteiger partial charge in [-0.05, 0) is 73.2 Å². The second kappa shape index (κ2) is 14.4. The molecule has 2 aromatic rings. The molecule has 0 spiro atoms. The normalized spacial score (nSPS) is 15.9. The Morgan fingerprint density at radius 2 is 1.84 bits per heavy atom. The Morgan fingerprint density at radius 3 is 2.54 bits per heavy atom. The summed E-state index contributed by atoms with van der Waals surface area (Å²) in [5.74, 6) is 0.438. The molecule has 0 radical (unpaired) electrons. The number of benzene rings is 2. The summed E-state index contributed by atoms with van der Waals surface area (Å²) in [5, 5.41) is 7.00. The van der Waals surface area contributed by atoms with Gasteiger partial charge in [0.25, 0.3) is 0 Å². The number of likely N-dealkylation sites (N-methyl/N-ethyl adjacent to an activating group) is 1. The van der Waals surface area contributed by atoms with E-state index in [0.717, 1.165) is 56.6 Å². The summed E-state index contributed by atoms with van der Waals surface area (Å²) in [7, 11) is 1.82. The van der Waals surface area contributed by atoms with Crippen LogP contribution >= 0.6 is 23.2 Å². The van der Waals surface area contributed by atoms with Crippen LogP contribution in [0, 0.1) is 0 Å². The van der Waals surface area contributed by atoms with Crippen LogP contribution in [0.1, 0.15) is 56.6 Å². The standard InChI is InChI=1S/C29H38Cl2N4O2/c1-21(2)23-9-11-24(12-10-23)32-29(37)33-25-15-18-35(20-25)17-6-4-5-16-34(3)28(36)14-8-22-7-13-26(30)27(31)19-22/h7-14,19,21,25H,4-6,15-18,20H2,1-3H3,(H2,32,33,37)/b14-8+. The second-order valence-electron chi connectivity index (χ2n) is 9.99. The number of amides is 3. The molecule has 2 aromatic carbocycles. The number of nitrogens with zero attached hydrogens (tertiary/aromatic N) is 2. The molecule has 3 amide bonds. The van der Waals surface area contributed by atoms with E-state index < -0.39 is 0 Å². The largest absolute Gasteiger partial charge is 0.342 e. The van der Waals surface area contributed by atoms with Crippen molar-refractivity contribution < 1.29 is 9.59 Å². The summed E-state index contributed by atoms with van der Waals surface area (Å²) in [6.07, 6.45) is 7.35. The van der Waals surface area contributed by atoms with Crippen molar-refractivity contribution in [3.05, 3.63) is 69.7 Å². The van der Waals surface area contributed by atoms with Crippen LogP contribution in [0.4, 0.5) is 10.5 Å². The molecule has 8 heteroatoms. The molecular weight excluding hydrogens is 507 g/mol. The van der Waals surface area contributed by atoms with Gasteiger partial charge in [0, 0.05) is 44.5 Å². The number of unbranched alkanes of at least 4 members (excludes halogenated alkanes) is 2. The van der Waals surface area contributed by atoms with Crippen LogP contribution < -0.4 is 10.6 Å². The minimum Gasteiger partial charge on any atom is -0.342 e. The van der Waals surface area contributed by atoms with E-state index in [-0.39, 0.29) is 18.0 Å². The molecule has 1 aliphatic heterocycles. The van der Waals surface area contributed by atoms with Crippen LogP contribution in [0.2, 0.25) is 10.0 Å². The topological polar surface area (TPSA) is 64.7 Å². The fourth-order valence-electron chi connectivity index (χ4n) is 4.34. The molecule has 1 heterocycles. The minimum atomic E-state index is -0.148. The highest BCUT2D eigenvalue weighted by Crippen LogP contribution is 2.23. The smallest absolute Gasteiger partial charge is 0.319 e. The van der Waals surface area contributed by atoms with Crippen molar-refractivity contribution in [3.63, 3.8) is 0 Å². The van der Waals surface area contributed by atoms with Gasteiger partial charge >= 0.3 is 6.03 Å². The number of halogens is 2. The van der Waals surface area contributed by atoms with E-state index in [1.165, 1.54) is 5.56 Å². The van der Waals surface area contributed by atoms with E-state index in [4.69, 9.17) is 23.2 Å². The van der Waals surface area contributed by atoms with Gasteiger partial charge in [0.05, 0.1) is 10.0 Å². The molecule has 2 N–H and O–H groups in total. The van der Waals surface area contributed by atoms with Gasteiger partial charge < -0.3 is 20.4 Å². The molecule has 200 valence electrons. The first-order chi connectivity index (χ1) is 17.7. The van der Waals surface area contributed by atoms with Gasteiger partial charge in [-0.3, -0.25) is 4.79 Å². The van der Waals surface area contributed by atoms with Crippen LogP contribution in [0.5, 0.6) is 0 Å². The van der Waals surface area contributed by atoms with Gasteiger partial charge in [0.2, 0.25) is 5.91 Å².